The van der Waals surface area contributed by atoms with Crippen molar-refractivity contribution in [1.82, 2.24) is 20.2 Å². The molecule has 2 aromatic heterocycles. The molecule has 0 saturated carbocycles. The SMILES string of the molecule is CN(C(=O)Nc1ncc(Br)c2cccnc12)C1CCC(=O)NC1. The molecule has 1 fully saturated rings. The van der Waals surface area contributed by atoms with Gasteiger partial charge in [0.05, 0.1) is 6.04 Å². The molecule has 1 atom stereocenters. The highest BCUT2D eigenvalue weighted by Gasteiger charge is 2.25. The molecule has 1 aliphatic heterocycles. The second-order valence-corrected chi connectivity index (χ2v) is 6.25. The number of fused-ring (bicyclic) bond motifs is 1. The van der Waals surface area contributed by atoms with Crippen LogP contribution in [-0.2, 0) is 4.79 Å². The van der Waals surface area contributed by atoms with E-state index in [1.807, 2.05) is 12.1 Å². The van der Waals surface area contributed by atoms with E-state index < -0.39 is 0 Å². The molecule has 3 rings (SSSR count). The van der Waals surface area contributed by atoms with Crippen LogP contribution in [0.2, 0.25) is 0 Å². The summed E-state index contributed by atoms with van der Waals surface area (Å²) in [6.45, 7) is 0.468. The lowest BCUT2D eigenvalue weighted by atomic mass is 10.1. The maximum absolute atomic E-state index is 12.4. The van der Waals surface area contributed by atoms with E-state index in [0.29, 0.717) is 30.7 Å². The number of carbonyl (C=O) groups excluding carboxylic acids is 2. The van der Waals surface area contributed by atoms with Crippen molar-refractivity contribution in [3.63, 3.8) is 0 Å². The Bertz CT molecular complexity index is 757. The Hall–Kier alpha value is -2.22. The first-order valence-electron chi connectivity index (χ1n) is 7.26. The summed E-state index contributed by atoms with van der Waals surface area (Å²) >= 11 is 3.43. The molecule has 23 heavy (non-hydrogen) atoms. The molecule has 0 spiro atoms. The van der Waals surface area contributed by atoms with Crippen LogP contribution >= 0.6 is 15.9 Å². The number of urea groups is 1. The zero-order valence-electron chi connectivity index (χ0n) is 12.5. The summed E-state index contributed by atoms with van der Waals surface area (Å²) in [5.74, 6) is 0.445. The number of halogens is 1. The van der Waals surface area contributed by atoms with Gasteiger partial charge >= 0.3 is 6.03 Å². The molecular formula is C15H16BrN5O2. The number of rotatable bonds is 2. The number of hydrogen-bond donors (Lipinski definition) is 2. The molecule has 120 valence electrons. The van der Waals surface area contributed by atoms with Crippen LogP contribution in [0.25, 0.3) is 10.9 Å². The van der Waals surface area contributed by atoms with E-state index in [0.717, 1.165) is 9.86 Å². The Labute approximate surface area is 141 Å². The fourth-order valence-corrected chi connectivity index (χ4v) is 2.96. The molecule has 3 amide bonds. The first-order chi connectivity index (χ1) is 11.1. The number of nitrogens with one attached hydrogen (secondary N) is 2. The highest BCUT2D eigenvalue weighted by Crippen LogP contribution is 2.26. The largest absolute Gasteiger partial charge is 0.354 e. The Balaban J connectivity index is 1.78. The summed E-state index contributed by atoms with van der Waals surface area (Å²) in [6, 6.07) is 3.44. The average Bonchev–Trinajstić information content (AvgIpc) is 2.57. The lowest BCUT2D eigenvalue weighted by Gasteiger charge is -2.31. The number of carbonyl (C=O) groups is 2. The lowest BCUT2D eigenvalue weighted by molar-refractivity contribution is -0.122. The number of pyridine rings is 2. The maximum atomic E-state index is 12.4. The van der Waals surface area contributed by atoms with Gasteiger partial charge in [-0.25, -0.2) is 9.78 Å². The molecule has 3 heterocycles. The van der Waals surface area contributed by atoms with Crippen LogP contribution in [0, 0.1) is 0 Å². The molecule has 0 aromatic carbocycles. The van der Waals surface area contributed by atoms with Crippen molar-refractivity contribution in [2.75, 3.05) is 18.9 Å². The third-order valence-corrected chi connectivity index (χ3v) is 4.56. The predicted molar refractivity (Wildman–Crippen MR) is 90.1 cm³/mol. The second kappa shape index (κ2) is 6.49. The smallest absolute Gasteiger partial charge is 0.323 e. The normalized spacial score (nSPS) is 17.7. The fraction of sp³-hybridized carbons (Fsp3) is 0.333. The van der Waals surface area contributed by atoms with Crippen molar-refractivity contribution in [1.29, 1.82) is 0 Å². The fourth-order valence-electron chi connectivity index (χ4n) is 2.54. The zero-order chi connectivity index (χ0) is 16.4. The van der Waals surface area contributed by atoms with Gasteiger partial charge in [0, 0.05) is 42.3 Å². The number of piperidine rings is 1. The van der Waals surface area contributed by atoms with Gasteiger partial charge in [-0.3, -0.25) is 15.1 Å². The standard InChI is InChI=1S/C15H16BrN5O2/c1-21(9-4-5-12(22)18-7-9)15(23)20-14-13-10(3-2-6-17-13)11(16)8-19-14/h2-3,6,8-9H,4-5,7H2,1H3,(H,18,22)(H,19,20,23). The van der Waals surface area contributed by atoms with E-state index in [2.05, 4.69) is 36.5 Å². The van der Waals surface area contributed by atoms with Crippen molar-refractivity contribution in [3.05, 3.63) is 29.0 Å². The minimum atomic E-state index is -0.270. The van der Waals surface area contributed by atoms with Crippen molar-refractivity contribution in [2.24, 2.45) is 0 Å². The molecule has 0 bridgehead atoms. The zero-order valence-corrected chi connectivity index (χ0v) is 14.1. The summed E-state index contributed by atoms with van der Waals surface area (Å²) in [6.07, 6.45) is 4.39. The molecule has 2 N–H and O–H groups in total. The second-order valence-electron chi connectivity index (χ2n) is 5.39. The van der Waals surface area contributed by atoms with Crippen LogP contribution in [0.15, 0.2) is 29.0 Å². The van der Waals surface area contributed by atoms with Crippen LogP contribution in [0.1, 0.15) is 12.8 Å². The predicted octanol–water partition coefficient (Wildman–Crippen LogP) is 2.13. The van der Waals surface area contributed by atoms with Crippen LogP contribution in [0.5, 0.6) is 0 Å². The Kier molecular flexibility index (Phi) is 4.42. The highest BCUT2D eigenvalue weighted by atomic mass is 79.9. The molecule has 0 aliphatic carbocycles. The van der Waals surface area contributed by atoms with Crippen LogP contribution < -0.4 is 10.6 Å². The summed E-state index contributed by atoms with van der Waals surface area (Å²) in [5.41, 5.74) is 0.626. The van der Waals surface area contributed by atoms with E-state index in [4.69, 9.17) is 0 Å². The summed E-state index contributed by atoms with van der Waals surface area (Å²) in [4.78, 5) is 33.8. The van der Waals surface area contributed by atoms with Crippen LogP contribution in [-0.4, -0.2) is 46.4 Å². The summed E-state index contributed by atoms with van der Waals surface area (Å²) < 4.78 is 0.821. The van der Waals surface area contributed by atoms with Crippen molar-refractivity contribution >= 4 is 44.6 Å². The van der Waals surface area contributed by atoms with Gasteiger partial charge in [0.2, 0.25) is 5.91 Å². The van der Waals surface area contributed by atoms with Crippen molar-refractivity contribution in [3.8, 4) is 0 Å². The molecule has 0 radical (unpaired) electrons. The third-order valence-electron chi connectivity index (χ3n) is 3.93. The molecule has 1 aliphatic rings. The highest BCUT2D eigenvalue weighted by molar-refractivity contribution is 9.10. The number of hydrogen-bond acceptors (Lipinski definition) is 4. The quantitative estimate of drug-likeness (QED) is 0.838. The maximum Gasteiger partial charge on any atom is 0.323 e. The van der Waals surface area contributed by atoms with Gasteiger partial charge in [-0.2, -0.15) is 0 Å². The minimum absolute atomic E-state index is 0.0256. The molecule has 7 nitrogen and oxygen atoms in total. The summed E-state index contributed by atoms with van der Waals surface area (Å²) in [7, 11) is 1.71. The number of likely N-dealkylation sites (N-methyl/N-ethyl adjacent to an activating group) is 1. The Morgan fingerprint density at radius 1 is 1.48 bits per heavy atom. The van der Waals surface area contributed by atoms with E-state index in [-0.39, 0.29) is 18.0 Å². The van der Waals surface area contributed by atoms with Crippen molar-refractivity contribution in [2.45, 2.75) is 18.9 Å². The third kappa shape index (κ3) is 3.26. The van der Waals surface area contributed by atoms with Crippen molar-refractivity contribution < 1.29 is 9.59 Å². The Morgan fingerprint density at radius 2 is 2.30 bits per heavy atom. The molecule has 1 saturated heterocycles. The number of nitrogens with zero attached hydrogens (tertiary/aromatic N) is 3. The molecule has 1 unspecified atom stereocenters. The molecule has 2 aromatic rings. The van der Waals surface area contributed by atoms with E-state index in [1.165, 1.54) is 0 Å². The summed E-state index contributed by atoms with van der Waals surface area (Å²) in [5, 5.41) is 6.45. The number of amides is 3. The van der Waals surface area contributed by atoms with E-state index in [1.54, 1.807) is 24.3 Å². The lowest BCUT2D eigenvalue weighted by Crippen LogP contribution is -2.49. The monoisotopic (exact) mass is 377 g/mol. The molecule has 8 heteroatoms. The van der Waals surface area contributed by atoms with Gasteiger partial charge in [-0.05, 0) is 34.5 Å². The van der Waals surface area contributed by atoms with Gasteiger partial charge in [0.1, 0.15) is 5.52 Å². The van der Waals surface area contributed by atoms with Crippen LogP contribution in [0.4, 0.5) is 10.6 Å². The molecular weight excluding hydrogens is 362 g/mol. The van der Waals surface area contributed by atoms with Gasteiger partial charge in [-0.1, -0.05) is 0 Å². The van der Waals surface area contributed by atoms with E-state index in [9.17, 15) is 9.59 Å². The Morgan fingerprint density at radius 3 is 3.04 bits per heavy atom. The number of aromatic nitrogens is 2. The van der Waals surface area contributed by atoms with Gasteiger partial charge in [-0.15, -0.1) is 0 Å². The minimum Gasteiger partial charge on any atom is -0.354 e. The van der Waals surface area contributed by atoms with Gasteiger partial charge < -0.3 is 10.2 Å². The number of anilines is 1. The average molecular weight is 378 g/mol. The topological polar surface area (TPSA) is 87.2 Å². The van der Waals surface area contributed by atoms with Crippen LogP contribution in [0.3, 0.4) is 0 Å². The first kappa shape index (κ1) is 15.7. The van der Waals surface area contributed by atoms with Gasteiger partial charge in [0.25, 0.3) is 0 Å². The van der Waals surface area contributed by atoms with E-state index >= 15 is 0 Å². The first-order valence-corrected chi connectivity index (χ1v) is 8.05. The van der Waals surface area contributed by atoms with Gasteiger partial charge in [0.15, 0.2) is 5.82 Å².